The third-order valence-corrected chi connectivity index (χ3v) is 4.52. The molecule has 2 unspecified atom stereocenters. The highest BCUT2D eigenvalue weighted by molar-refractivity contribution is 7.89. The number of carbonyl (C=O) groups excluding carboxylic acids is 1. The molecule has 100 valence electrons. The van der Waals surface area contributed by atoms with E-state index >= 15 is 0 Å². The number of carboxylic acid groups (broad SMARTS) is 1. The number of nitrogens with zero attached hydrogens (tertiary/aromatic N) is 1. The lowest BCUT2D eigenvalue weighted by atomic mass is 10.2. The summed E-state index contributed by atoms with van der Waals surface area (Å²) < 4.78 is 28.7. The minimum atomic E-state index is -3.81. The van der Waals surface area contributed by atoms with Gasteiger partial charge in [-0.25, -0.2) is 8.42 Å². The Morgan fingerprint density at radius 2 is 1.82 bits per heavy atom. The molecule has 0 rings (SSSR count). The molecule has 0 saturated carbocycles. The molecule has 0 heterocycles. The van der Waals surface area contributed by atoms with Gasteiger partial charge in [-0.1, -0.05) is 6.92 Å². The number of methoxy groups -OCH3 is 1. The van der Waals surface area contributed by atoms with Gasteiger partial charge < -0.3 is 9.84 Å². The maximum absolute atomic E-state index is 11.8. The van der Waals surface area contributed by atoms with Crippen LogP contribution in [0.1, 0.15) is 13.8 Å². The maximum Gasteiger partial charge on any atom is 0.321 e. The Bertz CT molecular complexity index is 390. The topological polar surface area (TPSA) is 101 Å². The average molecular weight is 267 g/mol. The Balaban J connectivity index is 4.80. The lowest BCUT2D eigenvalue weighted by molar-refractivity contribution is -0.144. The predicted octanol–water partition coefficient (Wildman–Crippen LogP) is -0.470. The van der Waals surface area contributed by atoms with Crippen molar-refractivity contribution in [2.75, 3.05) is 19.9 Å². The molecular formula is C9H17NO6S. The highest BCUT2D eigenvalue weighted by Gasteiger charge is 2.31. The van der Waals surface area contributed by atoms with Gasteiger partial charge in [0.15, 0.2) is 0 Å². The summed E-state index contributed by atoms with van der Waals surface area (Å²) in [5, 5.41) is 8.71. The molecule has 0 saturated heterocycles. The van der Waals surface area contributed by atoms with Gasteiger partial charge in [-0.05, 0) is 6.92 Å². The molecule has 8 heteroatoms. The molecule has 0 aromatic rings. The summed E-state index contributed by atoms with van der Waals surface area (Å²) in [5.41, 5.74) is 0. The van der Waals surface area contributed by atoms with E-state index in [1.807, 2.05) is 0 Å². The third-order valence-electron chi connectivity index (χ3n) is 2.41. The van der Waals surface area contributed by atoms with E-state index < -0.39 is 39.7 Å². The van der Waals surface area contributed by atoms with E-state index in [1.54, 1.807) is 0 Å². The van der Waals surface area contributed by atoms with Crippen molar-refractivity contribution in [2.24, 2.45) is 5.92 Å². The average Bonchev–Trinajstić information content (AvgIpc) is 2.24. The largest absolute Gasteiger partial charge is 0.480 e. The first-order valence-electron chi connectivity index (χ1n) is 4.89. The number of esters is 1. The van der Waals surface area contributed by atoms with Crippen molar-refractivity contribution in [1.82, 2.24) is 4.31 Å². The molecule has 0 aliphatic heterocycles. The number of carbonyl (C=O) groups is 2. The molecule has 0 spiro atoms. The molecule has 1 N–H and O–H groups in total. The van der Waals surface area contributed by atoms with Crippen LogP contribution in [0.5, 0.6) is 0 Å². The molecule has 0 bridgehead atoms. The van der Waals surface area contributed by atoms with Gasteiger partial charge in [0, 0.05) is 7.05 Å². The first-order chi connectivity index (χ1) is 7.63. The molecule has 17 heavy (non-hydrogen) atoms. The Morgan fingerprint density at radius 1 is 1.35 bits per heavy atom. The molecule has 0 aliphatic carbocycles. The Labute approximate surface area is 100 Å². The smallest absolute Gasteiger partial charge is 0.321 e. The predicted molar refractivity (Wildman–Crippen MR) is 59.8 cm³/mol. The molecule has 0 aliphatic rings. The van der Waals surface area contributed by atoms with Crippen molar-refractivity contribution < 1.29 is 27.9 Å². The van der Waals surface area contributed by atoms with Crippen molar-refractivity contribution in [1.29, 1.82) is 0 Å². The Kier molecular flexibility index (Phi) is 5.56. The van der Waals surface area contributed by atoms with Gasteiger partial charge in [-0.2, -0.15) is 4.31 Å². The van der Waals surface area contributed by atoms with Crippen LogP contribution >= 0.6 is 0 Å². The van der Waals surface area contributed by atoms with Crippen LogP contribution in [-0.2, 0) is 24.3 Å². The standard InChI is InChI=1S/C9H17NO6S/c1-6(9(13)16-4)5-17(14,15)10(3)7(2)8(11)12/h6-7H,5H2,1-4H3,(H,11,12). The first kappa shape index (κ1) is 15.9. The number of rotatable bonds is 6. The van der Waals surface area contributed by atoms with Crippen LogP contribution in [0.25, 0.3) is 0 Å². The SMILES string of the molecule is COC(=O)C(C)CS(=O)(=O)N(C)C(C)C(=O)O. The van der Waals surface area contributed by atoms with E-state index in [9.17, 15) is 18.0 Å². The van der Waals surface area contributed by atoms with E-state index in [2.05, 4.69) is 4.74 Å². The van der Waals surface area contributed by atoms with Crippen molar-refractivity contribution in [3.63, 3.8) is 0 Å². The zero-order valence-electron chi connectivity index (χ0n) is 10.2. The summed E-state index contributed by atoms with van der Waals surface area (Å²) in [6.07, 6.45) is 0. The van der Waals surface area contributed by atoms with E-state index in [1.165, 1.54) is 13.8 Å². The van der Waals surface area contributed by atoms with Gasteiger partial charge >= 0.3 is 11.9 Å². The fraction of sp³-hybridized carbons (Fsp3) is 0.778. The number of carboxylic acids is 1. The molecular weight excluding hydrogens is 250 g/mol. The monoisotopic (exact) mass is 267 g/mol. The summed E-state index contributed by atoms with van der Waals surface area (Å²) in [4.78, 5) is 21.8. The summed E-state index contributed by atoms with van der Waals surface area (Å²) in [5.74, 6) is -3.21. The van der Waals surface area contributed by atoms with Gasteiger partial charge in [0.2, 0.25) is 10.0 Å². The fourth-order valence-electron chi connectivity index (χ4n) is 1.10. The van der Waals surface area contributed by atoms with Crippen molar-refractivity contribution in [3.8, 4) is 0 Å². The van der Waals surface area contributed by atoms with E-state index in [0.29, 0.717) is 0 Å². The van der Waals surface area contributed by atoms with Crippen LogP contribution in [-0.4, -0.2) is 55.7 Å². The fourth-order valence-corrected chi connectivity index (χ4v) is 2.67. The molecule has 0 aromatic carbocycles. The molecule has 0 radical (unpaired) electrons. The number of sulfonamides is 1. The van der Waals surface area contributed by atoms with Gasteiger partial charge in [0.1, 0.15) is 6.04 Å². The van der Waals surface area contributed by atoms with Gasteiger partial charge in [0.25, 0.3) is 0 Å². The third kappa shape index (κ3) is 4.31. The number of ether oxygens (including phenoxy) is 1. The summed E-state index contributed by atoms with van der Waals surface area (Å²) in [7, 11) is -1.48. The molecule has 2 atom stereocenters. The highest BCUT2D eigenvalue weighted by atomic mass is 32.2. The quantitative estimate of drug-likeness (QED) is 0.653. The van der Waals surface area contributed by atoms with Crippen LogP contribution in [0.2, 0.25) is 0 Å². The second-order valence-corrected chi connectivity index (χ2v) is 5.81. The van der Waals surface area contributed by atoms with Crippen LogP contribution in [0.15, 0.2) is 0 Å². The molecule has 0 amide bonds. The maximum atomic E-state index is 11.8. The van der Waals surface area contributed by atoms with Gasteiger partial charge in [0.05, 0.1) is 18.8 Å². The number of hydrogen-bond acceptors (Lipinski definition) is 5. The number of hydrogen-bond donors (Lipinski definition) is 1. The van der Waals surface area contributed by atoms with Gasteiger partial charge in [-0.15, -0.1) is 0 Å². The first-order valence-corrected chi connectivity index (χ1v) is 6.50. The van der Waals surface area contributed by atoms with Crippen molar-refractivity contribution in [2.45, 2.75) is 19.9 Å². The van der Waals surface area contributed by atoms with Gasteiger partial charge in [-0.3, -0.25) is 9.59 Å². The Hall–Kier alpha value is -1.15. The molecule has 0 fully saturated rings. The van der Waals surface area contributed by atoms with Crippen LogP contribution in [0, 0.1) is 5.92 Å². The minimum Gasteiger partial charge on any atom is -0.480 e. The highest BCUT2D eigenvalue weighted by Crippen LogP contribution is 2.10. The van der Waals surface area contributed by atoms with E-state index in [-0.39, 0.29) is 0 Å². The lowest BCUT2D eigenvalue weighted by Crippen LogP contribution is -2.43. The van der Waals surface area contributed by atoms with Crippen LogP contribution < -0.4 is 0 Å². The van der Waals surface area contributed by atoms with Crippen LogP contribution in [0.4, 0.5) is 0 Å². The van der Waals surface area contributed by atoms with E-state index in [4.69, 9.17) is 5.11 Å². The second-order valence-electron chi connectivity index (χ2n) is 3.73. The zero-order valence-corrected chi connectivity index (χ0v) is 11.0. The summed E-state index contributed by atoms with van der Waals surface area (Å²) in [6.45, 7) is 2.66. The second kappa shape index (κ2) is 5.97. The van der Waals surface area contributed by atoms with E-state index in [0.717, 1.165) is 18.5 Å². The summed E-state index contributed by atoms with van der Waals surface area (Å²) in [6, 6.07) is -1.18. The summed E-state index contributed by atoms with van der Waals surface area (Å²) >= 11 is 0. The zero-order chi connectivity index (χ0) is 13.8. The van der Waals surface area contributed by atoms with Crippen LogP contribution in [0.3, 0.4) is 0 Å². The number of aliphatic carboxylic acids is 1. The van der Waals surface area contributed by atoms with Crippen molar-refractivity contribution in [3.05, 3.63) is 0 Å². The lowest BCUT2D eigenvalue weighted by Gasteiger charge is -2.22. The number of likely N-dealkylation sites (N-methyl/N-ethyl adjacent to an activating group) is 1. The normalized spacial score (nSPS) is 15.4. The Morgan fingerprint density at radius 3 is 2.18 bits per heavy atom. The van der Waals surface area contributed by atoms with Crippen molar-refractivity contribution >= 4 is 22.0 Å². The minimum absolute atomic E-state index is 0.478. The molecule has 7 nitrogen and oxygen atoms in total. The molecule has 0 aromatic heterocycles.